The maximum Gasteiger partial charge on any atom is 0.227 e. The predicted octanol–water partition coefficient (Wildman–Crippen LogP) is 4.96. The van der Waals surface area contributed by atoms with Crippen LogP contribution in [0.2, 0.25) is 0 Å². The highest BCUT2D eigenvalue weighted by molar-refractivity contribution is 5.98. The number of fused-ring (bicyclic) bond motifs is 1. The lowest BCUT2D eigenvalue weighted by atomic mass is 10.1. The number of para-hydroxylation sites is 3. The number of carbonyl (C=O) groups excluding carboxylic acids is 1. The number of benzene rings is 3. The summed E-state index contributed by atoms with van der Waals surface area (Å²) in [5.41, 5.74) is 3.78. The highest BCUT2D eigenvalue weighted by Crippen LogP contribution is 2.39. The molecule has 0 saturated carbocycles. The number of methoxy groups -OCH3 is 2. The van der Waals surface area contributed by atoms with Crippen LogP contribution >= 0.6 is 0 Å². The first-order valence-electron chi connectivity index (χ1n) is 11.7. The summed E-state index contributed by atoms with van der Waals surface area (Å²) in [6, 6.07) is 21.6. The summed E-state index contributed by atoms with van der Waals surface area (Å²) in [5, 5.41) is 0. The van der Waals surface area contributed by atoms with Gasteiger partial charge in [0.05, 0.1) is 37.5 Å². The van der Waals surface area contributed by atoms with E-state index in [9.17, 15) is 4.79 Å². The molecule has 35 heavy (non-hydrogen) atoms. The van der Waals surface area contributed by atoms with Crippen LogP contribution in [0.3, 0.4) is 0 Å². The molecule has 7 heteroatoms. The predicted molar refractivity (Wildman–Crippen MR) is 136 cm³/mol. The van der Waals surface area contributed by atoms with Gasteiger partial charge in [-0.25, -0.2) is 4.98 Å². The Kier molecular flexibility index (Phi) is 6.31. The van der Waals surface area contributed by atoms with E-state index in [1.807, 2.05) is 67.6 Å². The van der Waals surface area contributed by atoms with E-state index < -0.39 is 0 Å². The van der Waals surface area contributed by atoms with Crippen molar-refractivity contribution >= 4 is 22.6 Å². The third kappa shape index (κ3) is 4.41. The summed E-state index contributed by atoms with van der Waals surface area (Å²) < 4.78 is 19.2. The molecule has 1 amide bonds. The van der Waals surface area contributed by atoms with Gasteiger partial charge in [0.2, 0.25) is 5.91 Å². The Hall–Kier alpha value is -4.00. The minimum atomic E-state index is -0.0516. The van der Waals surface area contributed by atoms with Crippen LogP contribution in [-0.2, 0) is 11.3 Å². The van der Waals surface area contributed by atoms with E-state index in [0.717, 1.165) is 28.2 Å². The van der Waals surface area contributed by atoms with Crippen LogP contribution in [0.15, 0.2) is 66.7 Å². The van der Waals surface area contributed by atoms with Gasteiger partial charge in [0.25, 0.3) is 0 Å². The maximum atomic E-state index is 13.2. The molecule has 1 aliphatic rings. The Balaban J connectivity index is 1.43. The third-order valence-electron chi connectivity index (χ3n) is 6.52. The van der Waals surface area contributed by atoms with Crippen molar-refractivity contribution in [2.45, 2.75) is 25.8 Å². The van der Waals surface area contributed by atoms with Gasteiger partial charge in [-0.2, -0.15) is 0 Å². The van der Waals surface area contributed by atoms with Crippen molar-refractivity contribution in [2.75, 3.05) is 32.3 Å². The fraction of sp³-hybridized carbons (Fsp3) is 0.286. The van der Waals surface area contributed by atoms with Crippen LogP contribution in [0, 0.1) is 6.92 Å². The Morgan fingerprint density at radius 1 is 0.971 bits per heavy atom. The van der Waals surface area contributed by atoms with Crippen molar-refractivity contribution in [3.8, 4) is 17.2 Å². The molecule has 0 bridgehead atoms. The van der Waals surface area contributed by atoms with Crippen molar-refractivity contribution in [2.24, 2.45) is 0 Å². The number of aryl methyl sites for hydroxylation is 1. The summed E-state index contributed by atoms with van der Waals surface area (Å²) in [4.78, 5) is 19.9. The van der Waals surface area contributed by atoms with Gasteiger partial charge in [-0.3, -0.25) is 4.79 Å². The van der Waals surface area contributed by atoms with E-state index in [1.165, 1.54) is 0 Å². The van der Waals surface area contributed by atoms with E-state index in [0.29, 0.717) is 43.3 Å². The second kappa shape index (κ2) is 9.70. The standard InChI is InChI=1S/C28H29N3O4/c1-19-8-4-7-11-25(19)35-15-14-30-23-10-6-5-9-22(23)29-28(30)20-16-27(32)31(18-20)24-17-21(33-2)12-13-26(24)34-3/h4-13,17,20H,14-16,18H2,1-3H3/t20-/m0/s1. The van der Waals surface area contributed by atoms with Gasteiger partial charge >= 0.3 is 0 Å². The van der Waals surface area contributed by atoms with Gasteiger partial charge in [-0.1, -0.05) is 30.3 Å². The Morgan fingerprint density at radius 2 is 1.77 bits per heavy atom. The molecule has 1 aromatic heterocycles. The lowest BCUT2D eigenvalue weighted by Gasteiger charge is -2.20. The normalized spacial score (nSPS) is 15.6. The zero-order valence-corrected chi connectivity index (χ0v) is 20.2. The molecule has 1 saturated heterocycles. The van der Waals surface area contributed by atoms with Gasteiger partial charge in [0, 0.05) is 24.9 Å². The SMILES string of the molecule is COc1ccc(OC)c(N2C[C@@H](c3nc4ccccc4n3CCOc3ccccc3C)CC2=O)c1. The lowest BCUT2D eigenvalue weighted by Crippen LogP contribution is -2.25. The highest BCUT2D eigenvalue weighted by atomic mass is 16.5. The average Bonchev–Trinajstić information content (AvgIpc) is 3.45. The van der Waals surface area contributed by atoms with Crippen LogP contribution in [0.1, 0.15) is 23.7 Å². The molecule has 4 aromatic rings. The highest BCUT2D eigenvalue weighted by Gasteiger charge is 2.36. The molecule has 0 spiro atoms. The first-order valence-corrected chi connectivity index (χ1v) is 11.7. The first kappa shape index (κ1) is 22.8. The van der Waals surface area contributed by atoms with Crippen molar-refractivity contribution in [3.63, 3.8) is 0 Å². The minimum Gasteiger partial charge on any atom is -0.497 e. The molecular formula is C28H29N3O4. The van der Waals surface area contributed by atoms with E-state index in [1.54, 1.807) is 19.1 Å². The zero-order valence-electron chi connectivity index (χ0n) is 20.2. The number of ether oxygens (including phenoxy) is 3. The minimum absolute atomic E-state index is 0.0383. The fourth-order valence-electron chi connectivity index (χ4n) is 4.73. The number of carbonyl (C=O) groups is 1. The number of anilines is 1. The summed E-state index contributed by atoms with van der Waals surface area (Å²) >= 11 is 0. The van der Waals surface area contributed by atoms with Gasteiger partial charge in [0.15, 0.2) is 0 Å². The summed E-state index contributed by atoms with van der Waals surface area (Å²) in [6.07, 6.45) is 0.377. The number of rotatable bonds is 8. The molecule has 7 nitrogen and oxygen atoms in total. The fourth-order valence-corrected chi connectivity index (χ4v) is 4.73. The van der Waals surface area contributed by atoms with Crippen molar-refractivity contribution in [1.29, 1.82) is 0 Å². The van der Waals surface area contributed by atoms with Crippen molar-refractivity contribution in [1.82, 2.24) is 9.55 Å². The molecule has 1 aliphatic heterocycles. The van der Waals surface area contributed by atoms with Crippen LogP contribution in [-0.4, -0.2) is 42.8 Å². The van der Waals surface area contributed by atoms with Gasteiger partial charge in [0.1, 0.15) is 29.7 Å². The number of nitrogens with zero attached hydrogens (tertiary/aromatic N) is 3. The van der Waals surface area contributed by atoms with Gasteiger partial charge in [-0.15, -0.1) is 0 Å². The zero-order chi connectivity index (χ0) is 24.4. The van der Waals surface area contributed by atoms with Crippen LogP contribution in [0.4, 0.5) is 5.69 Å². The summed E-state index contributed by atoms with van der Waals surface area (Å²) in [7, 11) is 3.22. The molecule has 0 aliphatic carbocycles. The molecule has 3 aromatic carbocycles. The monoisotopic (exact) mass is 471 g/mol. The van der Waals surface area contributed by atoms with Crippen LogP contribution < -0.4 is 19.1 Å². The third-order valence-corrected chi connectivity index (χ3v) is 6.52. The molecule has 0 unspecified atom stereocenters. The van der Waals surface area contributed by atoms with Gasteiger partial charge < -0.3 is 23.7 Å². The molecule has 0 radical (unpaired) electrons. The first-order chi connectivity index (χ1) is 17.1. The Labute approximate surface area is 204 Å². The van der Waals surface area contributed by atoms with E-state index in [2.05, 4.69) is 10.6 Å². The Morgan fingerprint density at radius 3 is 2.57 bits per heavy atom. The number of aromatic nitrogens is 2. The molecule has 1 atom stereocenters. The molecule has 0 N–H and O–H groups in total. The maximum absolute atomic E-state index is 13.2. The number of amides is 1. The quantitative estimate of drug-likeness (QED) is 0.363. The number of hydrogen-bond donors (Lipinski definition) is 0. The summed E-state index contributed by atoms with van der Waals surface area (Å²) in [6.45, 7) is 3.70. The van der Waals surface area contributed by atoms with Crippen LogP contribution in [0.25, 0.3) is 11.0 Å². The largest absolute Gasteiger partial charge is 0.497 e. The molecule has 5 rings (SSSR count). The van der Waals surface area contributed by atoms with Gasteiger partial charge in [-0.05, 0) is 42.8 Å². The van der Waals surface area contributed by atoms with E-state index in [4.69, 9.17) is 19.2 Å². The van der Waals surface area contributed by atoms with Crippen LogP contribution in [0.5, 0.6) is 17.2 Å². The second-order valence-electron chi connectivity index (χ2n) is 8.67. The average molecular weight is 472 g/mol. The lowest BCUT2D eigenvalue weighted by molar-refractivity contribution is -0.117. The smallest absolute Gasteiger partial charge is 0.227 e. The molecule has 1 fully saturated rings. The topological polar surface area (TPSA) is 65.8 Å². The molecule has 2 heterocycles. The van der Waals surface area contributed by atoms with E-state index >= 15 is 0 Å². The molecular weight excluding hydrogens is 442 g/mol. The summed E-state index contributed by atoms with van der Waals surface area (Å²) in [5.74, 6) is 3.08. The Bertz CT molecular complexity index is 1360. The second-order valence-corrected chi connectivity index (χ2v) is 8.67. The van der Waals surface area contributed by atoms with Crippen molar-refractivity contribution < 1.29 is 19.0 Å². The van der Waals surface area contributed by atoms with E-state index in [-0.39, 0.29) is 11.8 Å². The number of hydrogen-bond acceptors (Lipinski definition) is 5. The van der Waals surface area contributed by atoms with Crippen molar-refractivity contribution in [3.05, 3.63) is 78.1 Å². The number of imidazole rings is 1. The molecule has 180 valence electrons.